The van der Waals surface area contributed by atoms with Gasteiger partial charge in [0.05, 0.1) is 12.8 Å². The molecule has 1 aliphatic rings. The maximum Gasteiger partial charge on any atom is 0.142 e. The average molecular weight is 254 g/mol. The van der Waals surface area contributed by atoms with Crippen molar-refractivity contribution in [1.29, 1.82) is 0 Å². The second-order valence-corrected chi connectivity index (χ2v) is 4.70. The van der Waals surface area contributed by atoms with Gasteiger partial charge in [0.1, 0.15) is 5.75 Å². The van der Waals surface area contributed by atoms with Crippen molar-refractivity contribution >= 4 is 11.4 Å². The van der Waals surface area contributed by atoms with Crippen LogP contribution >= 0.6 is 0 Å². The van der Waals surface area contributed by atoms with Crippen LogP contribution in [0, 0.1) is 0 Å². The molecule has 0 fully saturated rings. The van der Waals surface area contributed by atoms with Gasteiger partial charge in [-0.25, -0.2) is 0 Å². The van der Waals surface area contributed by atoms with E-state index < -0.39 is 0 Å². The van der Waals surface area contributed by atoms with Crippen LogP contribution in [0.3, 0.4) is 0 Å². The van der Waals surface area contributed by atoms with Crippen molar-refractivity contribution in [3.63, 3.8) is 0 Å². The fourth-order valence-corrected chi connectivity index (χ4v) is 2.52. The molecule has 98 valence electrons. The fraction of sp³-hybridized carbons (Fsp3) is 0.250. The van der Waals surface area contributed by atoms with E-state index in [4.69, 9.17) is 4.74 Å². The van der Waals surface area contributed by atoms with Gasteiger partial charge in [0.15, 0.2) is 0 Å². The number of para-hydroxylation sites is 2. The smallest absolute Gasteiger partial charge is 0.142 e. The number of fused-ring (bicyclic) bond motifs is 1. The van der Waals surface area contributed by atoms with Gasteiger partial charge in [-0.15, -0.1) is 0 Å². The summed E-state index contributed by atoms with van der Waals surface area (Å²) in [5.74, 6) is 0.865. The van der Waals surface area contributed by atoms with Crippen LogP contribution in [-0.4, -0.2) is 13.7 Å². The molecule has 0 spiro atoms. The lowest BCUT2D eigenvalue weighted by molar-refractivity contribution is 0.417. The molecule has 0 radical (unpaired) electrons. The van der Waals surface area contributed by atoms with Gasteiger partial charge in [0, 0.05) is 12.2 Å². The van der Waals surface area contributed by atoms with Gasteiger partial charge >= 0.3 is 0 Å². The predicted molar refractivity (Wildman–Crippen MR) is 78.1 cm³/mol. The zero-order valence-electron chi connectivity index (χ0n) is 11.1. The molecule has 2 aromatic carbocycles. The highest BCUT2D eigenvalue weighted by atomic mass is 16.5. The molecule has 0 atom stereocenters. The Hall–Kier alpha value is -2.00. The highest BCUT2D eigenvalue weighted by molar-refractivity contribution is 5.69. The number of hydrogen-bond donors (Lipinski definition) is 2. The molecule has 0 saturated heterocycles. The Balaban J connectivity index is 1.95. The van der Waals surface area contributed by atoms with Crippen LogP contribution in [0.15, 0.2) is 42.5 Å². The molecule has 19 heavy (non-hydrogen) atoms. The van der Waals surface area contributed by atoms with Crippen molar-refractivity contribution in [1.82, 2.24) is 5.32 Å². The van der Waals surface area contributed by atoms with Crippen LogP contribution in [0.1, 0.15) is 11.1 Å². The van der Waals surface area contributed by atoms with Crippen molar-refractivity contribution in [3.05, 3.63) is 53.6 Å². The molecule has 3 heteroatoms. The molecule has 0 saturated carbocycles. The Labute approximate surface area is 113 Å². The number of nitrogens with one attached hydrogen (secondary N) is 2. The third-order valence-electron chi connectivity index (χ3n) is 3.52. The topological polar surface area (TPSA) is 33.3 Å². The van der Waals surface area contributed by atoms with Crippen molar-refractivity contribution in [2.24, 2.45) is 0 Å². The fourth-order valence-electron chi connectivity index (χ4n) is 2.52. The van der Waals surface area contributed by atoms with Gasteiger partial charge in [-0.1, -0.05) is 24.3 Å². The normalized spacial score (nSPS) is 13.7. The molecule has 0 bridgehead atoms. The summed E-state index contributed by atoms with van der Waals surface area (Å²) in [4.78, 5) is 0. The first-order chi connectivity index (χ1) is 9.38. The number of anilines is 2. The van der Waals surface area contributed by atoms with Crippen LogP contribution in [-0.2, 0) is 13.0 Å². The largest absolute Gasteiger partial charge is 0.495 e. The van der Waals surface area contributed by atoms with E-state index in [1.807, 2.05) is 24.3 Å². The minimum Gasteiger partial charge on any atom is -0.495 e. The summed E-state index contributed by atoms with van der Waals surface area (Å²) in [5.41, 5.74) is 4.96. The summed E-state index contributed by atoms with van der Waals surface area (Å²) in [6, 6.07) is 14.4. The van der Waals surface area contributed by atoms with Crippen LogP contribution in [0.5, 0.6) is 5.75 Å². The maximum atomic E-state index is 5.38. The number of ether oxygens (including phenoxy) is 1. The summed E-state index contributed by atoms with van der Waals surface area (Å²) in [7, 11) is 1.70. The van der Waals surface area contributed by atoms with Crippen molar-refractivity contribution in [3.8, 4) is 5.75 Å². The van der Waals surface area contributed by atoms with Gasteiger partial charge < -0.3 is 15.4 Å². The quantitative estimate of drug-likeness (QED) is 0.883. The molecule has 0 unspecified atom stereocenters. The lowest BCUT2D eigenvalue weighted by Crippen LogP contribution is -2.24. The second kappa shape index (κ2) is 5.33. The molecule has 2 N–H and O–H groups in total. The summed E-state index contributed by atoms with van der Waals surface area (Å²) < 4.78 is 5.38. The monoisotopic (exact) mass is 254 g/mol. The number of methoxy groups -OCH3 is 1. The highest BCUT2D eigenvalue weighted by Gasteiger charge is 2.13. The van der Waals surface area contributed by atoms with Gasteiger partial charge in [-0.2, -0.15) is 0 Å². The molecule has 0 amide bonds. The van der Waals surface area contributed by atoms with Crippen LogP contribution in [0.2, 0.25) is 0 Å². The van der Waals surface area contributed by atoms with E-state index in [1.54, 1.807) is 7.11 Å². The van der Waals surface area contributed by atoms with E-state index in [-0.39, 0.29) is 0 Å². The second-order valence-electron chi connectivity index (χ2n) is 4.70. The van der Waals surface area contributed by atoms with Crippen molar-refractivity contribution in [2.75, 3.05) is 19.0 Å². The lowest BCUT2D eigenvalue weighted by atomic mass is 9.99. The molecule has 0 aliphatic carbocycles. The SMILES string of the molecule is COc1ccccc1Nc1cccc2c1CNCC2. The van der Waals surface area contributed by atoms with Gasteiger partial charge in [0.25, 0.3) is 0 Å². The first-order valence-electron chi connectivity index (χ1n) is 6.60. The Morgan fingerprint density at radius 1 is 1.05 bits per heavy atom. The molecular formula is C16H18N2O. The third-order valence-corrected chi connectivity index (χ3v) is 3.52. The minimum atomic E-state index is 0.865. The Morgan fingerprint density at radius 2 is 1.89 bits per heavy atom. The summed E-state index contributed by atoms with van der Waals surface area (Å²) in [6.07, 6.45) is 1.09. The maximum absolute atomic E-state index is 5.38. The highest BCUT2D eigenvalue weighted by Crippen LogP contribution is 2.30. The molecule has 3 rings (SSSR count). The van der Waals surface area contributed by atoms with Crippen LogP contribution in [0.25, 0.3) is 0 Å². The zero-order valence-corrected chi connectivity index (χ0v) is 11.1. The average Bonchev–Trinajstić information content (AvgIpc) is 2.48. The van der Waals surface area contributed by atoms with E-state index in [0.717, 1.165) is 36.6 Å². The molecular weight excluding hydrogens is 236 g/mol. The van der Waals surface area contributed by atoms with E-state index >= 15 is 0 Å². The first kappa shape index (κ1) is 12.1. The Bertz CT molecular complexity index is 581. The standard InChI is InChI=1S/C16H18N2O/c1-19-16-8-3-2-6-15(16)18-14-7-4-5-12-9-10-17-11-13(12)14/h2-8,17-18H,9-11H2,1H3. The summed E-state index contributed by atoms with van der Waals surface area (Å²) in [6.45, 7) is 1.98. The summed E-state index contributed by atoms with van der Waals surface area (Å²) in [5, 5.41) is 6.91. The Kier molecular flexibility index (Phi) is 3.38. The number of hydrogen-bond acceptors (Lipinski definition) is 3. The molecule has 3 nitrogen and oxygen atoms in total. The third kappa shape index (κ3) is 2.42. The number of rotatable bonds is 3. The molecule has 0 aromatic heterocycles. The van der Waals surface area contributed by atoms with Gasteiger partial charge in [-0.05, 0) is 42.3 Å². The van der Waals surface area contributed by atoms with E-state index in [2.05, 4.69) is 28.8 Å². The Morgan fingerprint density at radius 3 is 2.79 bits per heavy atom. The number of benzene rings is 2. The molecule has 2 aromatic rings. The first-order valence-corrected chi connectivity index (χ1v) is 6.60. The van der Waals surface area contributed by atoms with Crippen LogP contribution < -0.4 is 15.4 Å². The molecule has 1 heterocycles. The van der Waals surface area contributed by atoms with Crippen molar-refractivity contribution in [2.45, 2.75) is 13.0 Å². The van der Waals surface area contributed by atoms with E-state index in [0.29, 0.717) is 0 Å². The summed E-state index contributed by atoms with van der Waals surface area (Å²) >= 11 is 0. The van der Waals surface area contributed by atoms with Crippen molar-refractivity contribution < 1.29 is 4.74 Å². The van der Waals surface area contributed by atoms with E-state index in [9.17, 15) is 0 Å². The zero-order chi connectivity index (χ0) is 13.1. The van der Waals surface area contributed by atoms with Gasteiger partial charge in [-0.3, -0.25) is 0 Å². The van der Waals surface area contributed by atoms with E-state index in [1.165, 1.54) is 11.1 Å². The van der Waals surface area contributed by atoms with Crippen LogP contribution in [0.4, 0.5) is 11.4 Å². The van der Waals surface area contributed by atoms with Gasteiger partial charge in [0.2, 0.25) is 0 Å². The lowest BCUT2D eigenvalue weighted by Gasteiger charge is -2.21. The predicted octanol–water partition coefficient (Wildman–Crippen LogP) is 3.08. The molecule has 1 aliphatic heterocycles. The minimum absolute atomic E-state index is 0.865.